The van der Waals surface area contributed by atoms with Crippen LogP contribution in [0.5, 0.6) is 0 Å². The van der Waals surface area contributed by atoms with Crippen molar-refractivity contribution in [3.05, 3.63) is 0 Å². The Hall–Kier alpha value is 0.131. The molecule has 0 rings (SSSR count). The Morgan fingerprint density at radius 3 is 0.854 bits per heavy atom. The summed E-state index contributed by atoms with van der Waals surface area (Å²) in [5, 5.41) is 0. The average Bonchev–Trinajstić information content (AvgIpc) is 3.02. The van der Waals surface area contributed by atoms with E-state index in [1.54, 1.807) is 64.0 Å². The summed E-state index contributed by atoms with van der Waals surface area (Å²) in [6, 6.07) is 1.95. The summed E-state index contributed by atoms with van der Waals surface area (Å²) in [5.74, 6) is 0. The molecule has 0 aromatic rings. The largest absolute Gasteiger partial charge is 0.500 e. The Morgan fingerprint density at radius 1 is 0.390 bits per heavy atom. The zero-order valence-electron chi connectivity index (χ0n) is 27.2. The van der Waals surface area contributed by atoms with Crippen molar-refractivity contribution in [2.75, 3.05) is 117 Å². The van der Waals surface area contributed by atoms with Gasteiger partial charge in [0.05, 0.1) is 31.8 Å². The molecule has 248 valence electrons. The normalized spacial score (nSPS) is 13.3. The van der Waals surface area contributed by atoms with E-state index in [4.69, 9.17) is 58.8 Å². The number of ether oxygens (including phenoxy) is 4. The van der Waals surface area contributed by atoms with Crippen LogP contribution in [0, 0.1) is 5.41 Å². The monoisotopic (exact) mass is 650 g/mol. The predicted octanol–water partition coefficient (Wildman–Crippen LogP) is 2.86. The SMILES string of the molecule is CCOCC(COCCC[Si](OC)(OC)OC)(COCCC[Si](OC)(OC)OC)COCCC[Si](OC)(OC)OC. The summed E-state index contributed by atoms with van der Waals surface area (Å²) < 4.78 is 74.0. The lowest BCUT2D eigenvalue weighted by Crippen LogP contribution is -2.44. The third kappa shape index (κ3) is 15.1. The quantitative estimate of drug-likeness (QED) is 0.0838. The van der Waals surface area contributed by atoms with Gasteiger partial charge in [0.2, 0.25) is 0 Å². The van der Waals surface area contributed by atoms with Crippen molar-refractivity contribution >= 4 is 26.4 Å². The van der Waals surface area contributed by atoms with Gasteiger partial charge in [-0.3, -0.25) is 0 Å². The molecule has 0 unspecified atom stereocenters. The van der Waals surface area contributed by atoms with Gasteiger partial charge in [-0.2, -0.15) is 0 Å². The maximum atomic E-state index is 6.16. The van der Waals surface area contributed by atoms with Crippen LogP contribution in [0.1, 0.15) is 26.2 Å². The van der Waals surface area contributed by atoms with E-state index < -0.39 is 31.8 Å². The number of hydrogen-bond donors (Lipinski definition) is 0. The highest BCUT2D eigenvalue weighted by molar-refractivity contribution is 6.61. The summed E-state index contributed by atoms with van der Waals surface area (Å²) in [6.07, 6.45) is 2.18. The Kier molecular flexibility index (Phi) is 23.6. The first kappa shape index (κ1) is 41.1. The van der Waals surface area contributed by atoms with Crippen LogP contribution in [0.25, 0.3) is 0 Å². The molecule has 0 aromatic carbocycles. The fourth-order valence-corrected chi connectivity index (χ4v) is 9.34. The Morgan fingerprint density at radius 2 is 0.634 bits per heavy atom. The van der Waals surface area contributed by atoms with E-state index in [9.17, 15) is 0 Å². The van der Waals surface area contributed by atoms with E-state index in [0.717, 1.165) is 19.3 Å². The summed E-state index contributed by atoms with van der Waals surface area (Å²) in [7, 11) is 6.53. The van der Waals surface area contributed by atoms with E-state index in [0.29, 0.717) is 71.0 Å². The van der Waals surface area contributed by atoms with Gasteiger partial charge in [0, 0.05) is 109 Å². The predicted molar refractivity (Wildman–Crippen MR) is 160 cm³/mol. The second-order valence-electron chi connectivity index (χ2n) is 9.49. The molecule has 0 bridgehead atoms. The Balaban J connectivity index is 5.25. The van der Waals surface area contributed by atoms with Crippen LogP contribution in [-0.2, 0) is 58.8 Å². The summed E-state index contributed by atoms with van der Waals surface area (Å²) in [6.45, 7) is 5.67. The molecule has 0 saturated heterocycles. The van der Waals surface area contributed by atoms with Crippen LogP contribution in [0.2, 0.25) is 18.1 Å². The molecular formula is C25H58O13Si3. The van der Waals surface area contributed by atoms with Gasteiger partial charge < -0.3 is 58.8 Å². The molecule has 0 radical (unpaired) electrons. The second-order valence-corrected chi connectivity index (χ2v) is 18.8. The van der Waals surface area contributed by atoms with Gasteiger partial charge in [0.1, 0.15) is 0 Å². The molecule has 0 amide bonds. The van der Waals surface area contributed by atoms with Gasteiger partial charge in [0.15, 0.2) is 0 Å². The van der Waals surface area contributed by atoms with Crippen LogP contribution in [-0.4, -0.2) is 143 Å². The molecule has 0 saturated carbocycles. The minimum Gasteiger partial charge on any atom is -0.381 e. The Bertz CT molecular complexity index is 510. The van der Waals surface area contributed by atoms with Gasteiger partial charge in [-0.1, -0.05) is 0 Å². The molecular weight excluding hydrogens is 593 g/mol. The van der Waals surface area contributed by atoms with E-state index in [1.165, 1.54) is 0 Å². The van der Waals surface area contributed by atoms with Gasteiger partial charge in [-0.15, -0.1) is 0 Å². The van der Waals surface area contributed by atoms with Crippen LogP contribution in [0.3, 0.4) is 0 Å². The maximum Gasteiger partial charge on any atom is 0.500 e. The first-order valence-corrected chi connectivity index (χ1v) is 19.8. The number of hydrogen-bond acceptors (Lipinski definition) is 13. The first-order valence-electron chi connectivity index (χ1n) is 14.0. The van der Waals surface area contributed by atoms with Crippen LogP contribution in [0.4, 0.5) is 0 Å². The van der Waals surface area contributed by atoms with Crippen molar-refractivity contribution in [2.24, 2.45) is 5.41 Å². The zero-order valence-corrected chi connectivity index (χ0v) is 30.2. The average molecular weight is 651 g/mol. The molecule has 0 aliphatic rings. The molecule has 0 aliphatic carbocycles. The highest BCUT2D eigenvalue weighted by Crippen LogP contribution is 2.24. The van der Waals surface area contributed by atoms with E-state index in [2.05, 4.69) is 0 Å². The topological polar surface area (TPSA) is 120 Å². The molecule has 0 heterocycles. The van der Waals surface area contributed by atoms with Crippen molar-refractivity contribution in [3.8, 4) is 0 Å². The first-order chi connectivity index (χ1) is 19.7. The van der Waals surface area contributed by atoms with Gasteiger partial charge in [0.25, 0.3) is 0 Å². The third-order valence-corrected chi connectivity index (χ3v) is 15.4. The maximum absolute atomic E-state index is 6.16. The molecule has 13 nitrogen and oxygen atoms in total. The van der Waals surface area contributed by atoms with Gasteiger partial charge >= 0.3 is 26.4 Å². The van der Waals surface area contributed by atoms with Crippen LogP contribution in [0.15, 0.2) is 0 Å². The van der Waals surface area contributed by atoms with E-state index >= 15 is 0 Å². The van der Waals surface area contributed by atoms with Crippen molar-refractivity contribution in [2.45, 2.75) is 44.3 Å². The highest BCUT2D eigenvalue weighted by Gasteiger charge is 2.39. The summed E-state index contributed by atoms with van der Waals surface area (Å²) in [5.41, 5.74) is -0.509. The number of rotatable bonds is 30. The van der Waals surface area contributed by atoms with Crippen LogP contribution >= 0.6 is 0 Å². The van der Waals surface area contributed by atoms with Crippen molar-refractivity contribution in [1.82, 2.24) is 0 Å². The molecule has 0 N–H and O–H groups in total. The molecule has 0 atom stereocenters. The third-order valence-electron chi connectivity index (χ3n) is 6.95. The minimum atomic E-state index is -2.65. The van der Waals surface area contributed by atoms with E-state index in [-0.39, 0.29) is 0 Å². The van der Waals surface area contributed by atoms with Crippen molar-refractivity contribution in [3.63, 3.8) is 0 Å². The zero-order chi connectivity index (χ0) is 31.1. The molecule has 0 fully saturated rings. The fraction of sp³-hybridized carbons (Fsp3) is 1.00. The van der Waals surface area contributed by atoms with Crippen molar-refractivity contribution in [1.29, 1.82) is 0 Å². The lowest BCUT2D eigenvalue weighted by Gasteiger charge is -2.33. The fourth-order valence-electron chi connectivity index (χ4n) is 4.28. The smallest absolute Gasteiger partial charge is 0.381 e. The molecule has 0 aromatic heterocycles. The van der Waals surface area contributed by atoms with Gasteiger partial charge in [-0.05, 0) is 26.2 Å². The molecule has 0 aliphatic heterocycles. The lowest BCUT2D eigenvalue weighted by atomic mass is 9.92. The minimum absolute atomic E-state index is 0.397. The highest BCUT2D eigenvalue weighted by atomic mass is 28.4. The standard InChI is InChI=1S/C25H58O13Si3/c1-11-35-21-25(22-36-15-12-18-39(26-2,27-3)28-4,23-37-16-13-19-40(29-5,30-6)31-7)24-38-17-14-20-41(32-8,33-9)34-10/h11-24H2,1-10H3. The van der Waals surface area contributed by atoms with E-state index in [1.807, 2.05) is 6.92 Å². The molecule has 16 heteroatoms. The van der Waals surface area contributed by atoms with Gasteiger partial charge in [-0.25, -0.2) is 0 Å². The lowest BCUT2D eigenvalue weighted by molar-refractivity contribution is -0.106. The second kappa shape index (κ2) is 23.5. The summed E-state index contributed by atoms with van der Waals surface area (Å²) in [4.78, 5) is 0. The Labute approximate surface area is 251 Å². The van der Waals surface area contributed by atoms with Crippen molar-refractivity contribution < 1.29 is 58.8 Å². The molecule has 0 spiro atoms. The summed E-state index contributed by atoms with van der Waals surface area (Å²) >= 11 is 0. The molecule has 41 heavy (non-hydrogen) atoms. The van der Waals surface area contributed by atoms with Crippen LogP contribution < -0.4 is 0 Å².